The third-order valence-corrected chi connectivity index (χ3v) is 3.67. The minimum atomic E-state index is -0.645. The van der Waals surface area contributed by atoms with Crippen LogP contribution in [-0.2, 0) is 27.5 Å². The summed E-state index contributed by atoms with van der Waals surface area (Å²) in [4.78, 5) is 24.1. The van der Waals surface area contributed by atoms with Crippen LogP contribution in [0.3, 0.4) is 0 Å². The zero-order chi connectivity index (χ0) is 17.5. The molecule has 130 valence electrons. The van der Waals surface area contributed by atoms with Crippen LogP contribution in [0.1, 0.15) is 11.1 Å². The van der Waals surface area contributed by atoms with E-state index in [2.05, 4.69) is 11.0 Å². The van der Waals surface area contributed by atoms with E-state index in [1.54, 1.807) is 0 Å². The SMILES string of the molecule is O=C(OCc1ccccc1)C1CN(C(=O)OCc2ccccc2)NN1. The molecule has 3 rings (SSSR count). The van der Waals surface area contributed by atoms with Crippen molar-refractivity contribution in [1.82, 2.24) is 16.0 Å². The molecule has 0 aliphatic carbocycles. The number of rotatable bonds is 5. The molecule has 0 radical (unpaired) electrons. The predicted molar refractivity (Wildman–Crippen MR) is 89.6 cm³/mol. The maximum atomic E-state index is 12.1. The Morgan fingerprint density at radius 1 is 0.920 bits per heavy atom. The van der Waals surface area contributed by atoms with Gasteiger partial charge in [-0.25, -0.2) is 15.2 Å². The molecule has 1 aliphatic heterocycles. The van der Waals surface area contributed by atoms with Gasteiger partial charge in [0.2, 0.25) is 0 Å². The number of carbonyl (C=O) groups excluding carboxylic acids is 2. The number of amides is 1. The predicted octanol–water partition coefficient (Wildman–Crippen LogP) is 1.76. The molecule has 0 bridgehead atoms. The molecule has 2 aromatic carbocycles. The summed E-state index contributed by atoms with van der Waals surface area (Å²) in [7, 11) is 0. The molecule has 1 saturated heterocycles. The quantitative estimate of drug-likeness (QED) is 0.807. The monoisotopic (exact) mass is 341 g/mol. The van der Waals surface area contributed by atoms with Crippen molar-refractivity contribution in [2.75, 3.05) is 6.54 Å². The Kier molecular flexibility index (Phi) is 5.61. The summed E-state index contributed by atoms with van der Waals surface area (Å²) >= 11 is 0. The normalized spacial score (nSPS) is 16.5. The van der Waals surface area contributed by atoms with E-state index < -0.39 is 18.1 Å². The van der Waals surface area contributed by atoms with Gasteiger partial charge in [-0.3, -0.25) is 4.79 Å². The Morgan fingerprint density at radius 2 is 1.48 bits per heavy atom. The summed E-state index contributed by atoms with van der Waals surface area (Å²) in [6.07, 6.45) is -0.560. The van der Waals surface area contributed by atoms with Crippen molar-refractivity contribution in [3.8, 4) is 0 Å². The van der Waals surface area contributed by atoms with Crippen molar-refractivity contribution in [3.05, 3.63) is 71.8 Å². The van der Waals surface area contributed by atoms with Crippen LogP contribution >= 0.6 is 0 Å². The first-order valence-electron chi connectivity index (χ1n) is 7.92. The molecular formula is C18H19N3O4. The number of nitrogens with one attached hydrogen (secondary N) is 2. The van der Waals surface area contributed by atoms with E-state index in [1.807, 2.05) is 60.7 Å². The van der Waals surface area contributed by atoms with Gasteiger partial charge in [-0.05, 0) is 11.1 Å². The summed E-state index contributed by atoms with van der Waals surface area (Å²) in [5.74, 6) is -0.435. The zero-order valence-electron chi connectivity index (χ0n) is 13.6. The molecule has 1 fully saturated rings. The average molecular weight is 341 g/mol. The van der Waals surface area contributed by atoms with Gasteiger partial charge in [0, 0.05) is 0 Å². The van der Waals surface area contributed by atoms with Gasteiger partial charge in [-0.15, -0.1) is 0 Å². The largest absolute Gasteiger partial charge is 0.460 e. The van der Waals surface area contributed by atoms with Gasteiger partial charge in [0.05, 0.1) is 6.54 Å². The second kappa shape index (κ2) is 8.27. The number of carbonyl (C=O) groups is 2. The number of hydrogen-bond acceptors (Lipinski definition) is 6. The summed E-state index contributed by atoms with van der Waals surface area (Å²) in [5.41, 5.74) is 7.15. The van der Waals surface area contributed by atoms with E-state index in [4.69, 9.17) is 9.47 Å². The fourth-order valence-electron chi connectivity index (χ4n) is 2.31. The van der Waals surface area contributed by atoms with Crippen molar-refractivity contribution in [1.29, 1.82) is 0 Å². The Hall–Kier alpha value is -2.90. The number of benzene rings is 2. The second-order valence-corrected chi connectivity index (χ2v) is 5.55. The lowest BCUT2D eigenvalue weighted by Gasteiger charge is -2.14. The summed E-state index contributed by atoms with van der Waals surface area (Å²) < 4.78 is 10.5. The number of nitrogens with zero attached hydrogens (tertiary/aromatic N) is 1. The molecule has 0 aromatic heterocycles. The zero-order valence-corrected chi connectivity index (χ0v) is 13.6. The van der Waals surface area contributed by atoms with Gasteiger partial charge in [0.15, 0.2) is 0 Å². The molecule has 1 amide bonds. The molecule has 2 N–H and O–H groups in total. The van der Waals surface area contributed by atoms with E-state index in [9.17, 15) is 9.59 Å². The topological polar surface area (TPSA) is 79.9 Å². The van der Waals surface area contributed by atoms with Crippen molar-refractivity contribution in [2.24, 2.45) is 0 Å². The minimum absolute atomic E-state index is 0.126. The first kappa shape index (κ1) is 16.9. The number of ether oxygens (including phenoxy) is 2. The molecule has 25 heavy (non-hydrogen) atoms. The Labute approximate surface area is 145 Å². The number of hydrogen-bond donors (Lipinski definition) is 2. The Bertz CT molecular complexity index is 647. The van der Waals surface area contributed by atoms with E-state index >= 15 is 0 Å². The van der Waals surface area contributed by atoms with E-state index in [0.717, 1.165) is 11.1 Å². The Balaban J connectivity index is 1.43. The van der Waals surface area contributed by atoms with Crippen molar-refractivity contribution in [3.63, 3.8) is 0 Å². The van der Waals surface area contributed by atoms with Crippen LogP contribution in [0.5, 0.6) is 0 Å². The highest BCUT2D eigenvalue weighted by Gasteiger charge is 2.32. The fourth-order valence-corrected chi connectivity index (χ4v) is 2.31. The van der Waals surface area contributed by atoms with Gasteiger partial charge < -0.3 is 9.47 Å². The van der Waals surface area contributed by atoms with Gasteiger partial charge >= 0.3 is 12.1 Å². The van der Waals surface area contributed by atoms with Gasteiger partial charge in [-0.2, -0.15) is 5.53 Å². The van der Waals surface area contributed by atoms with Crippen molar-refractivity contribution in [2.45, 2.75) is 19.3 Å². The molecule has 2 aromatic rings. The highest BCUT2D eigenvalue weighted by atomic mass is 16.6. The smallest absolute Gasteiger partial charge is 0.425 e. The first-order valence-corrected chi connectivity index (χ1v) is 7.92. The van der Waals surface area contributed by atoms with E-state index in [0.29, 0.717) is 0 Å². The van der Waals surface area contributed by atoms with Gasteiger partial charge in [0.1, 0.15) is 19.3 Å². The number of hydrazine groups is 2. The molecule has 1 atom stereocenters. The summed E-state index contributed by atoms with van der Waals surface area (Å²) in [6.45, 7) is 0.485. The minimum Gasteiger partial charge on any atom is -0.460 e. The molecule has 0 saturated carbocycles. The van der Waals surface area contributed by atoms with Crippen LogP contribution in [0.25, 0.3) is 0 Å². The molecule has 7 heteroatoms. The fraction of sp³-hybridized carbons (Fsp3) is 0.222. The lowest BCUT2D eigenvalue weighted by atomic mass is 10.2. The van der Waals surface area contributed by atoms with Crippen molar-refractivity contribution < 1.29 is 19.1 Å². The van der Waals surface area contributed by atoms with E-state index in [-0.39, 0.29) is 19.8 Å². The van der Waals surface area contributed by atoms with Gasteiger partial charge in [0.25, 0.3) is 0 Å². The summed E-state index contributed by atoms with van der Waals surface area (Å²) in [5, 5.41) is 1.21. The average Bonchev–Trinajstić information content (AvgIpc) is 3.16. The molecule has 1 unspecified atom stereocenters. The molecule has 1 aliphatic rings. The third kappa shape index (κ3) is 4.79. The maximum Gasteiger partial charge on any atom is 0.425 e. The summed E-state index contributed by atoms with van der Waals surface area (Å²) in [6, 6.07) is 18.1. The lowest BCUT2D eigenvalue weighted by molar-refractivity contribution is -0.146. The van der Waals surface area contributed by atoms with Crippen LogP contribution in [0, 0.1) is 0 Å². The molecule has 0 spiro atoms. The van der Waals surface area contributed by atoms with Crippen LogP contribution in [0.15, 0.2) is 60.7 Å². The second-order valence-electron chi connectivity index (χ2n) is 5.55. The first-order chi connectivity index (χ1) is 12.2. The number of esters is 1. The highest BCUT2D eigenvalue weighted by molar-refractivity contribution is 5.78. The lowest BCUT2D eigenvalue weighted by Crippen LogP contribution is -2.41. The van der Waals surface area contributed by atoms with E-state index in [1.165, 1.54) is 5.01 Å². The van der Waals surface area contributed by atoms with Crippen LogP contribution in [-0.4, -0.2) is 29.7 Å². The van der Waals surface area contributed by atoms with Crippen molar-refractivity contribution >= 4 is 12.1 Å². The molecular weight excluding hydrogens is 322 g/mol. The molecule has 7 nitrogen and oxygen atoms in total. The van der Waals surface area contributed by atoms with Crippen LogP contribution in [0.2, 0.25) is 0 Å². The van der Waals surface area contributed by atoms with Gasteiger partial charge in [-0.1, -0.05) is 60.7 Å². The van der Waals surface area contributed by atoms with Crippen LogP contribution in [0.4, 0.5) is 4.79 Å². The standard InChI is InChI=1S/C18H19N3O4/c22-17(24-12-14-7-3-1-4-8-14)16-11-21(20-19-16)18(23)25-13-15-9-5-2-6-10-15/h1-10,16,19-20H,11-13H2. The maximum absolute atomic E-state index is 12.1. The highest BCUT2D eigenvalue weighted by Crippen LogP contribution is 2.07. The third-order valence-electron chi connectivity index (χ3n) is 3.67. The van der Waals surface area contributed by atoms with Crippen LogP contribution < -0.4 is 11.0 Å². The Morgan fingerprint density at radius 3 is 2.08 bits per heavy atom. The molecule has 1 heterocycles.